The number of hydrogen-bond acceptors (Lipinski definition) is 2. The molecular weight excluding hydrogens is 246 g/mol. The van der Waals surface area contributed by atoms with Gasteiger partial charge in [-0.3, -0.25) is 4.68 Å². The third kappa shape index (κ3) is 2.39. The number of rotatable bonds is 4. The Hall–Kier alpha value is -2.29. The molecule has 0 aliphatic rings. The van der Waals surface area contributed by atoms with Crippen molar-refractivity contribution in [2.45, 2.75) is 19.9 Å². The van der Waals surface area contributed by atoms with Crippen LogP contribution < -0.4 is 5.32 Å². The van der Waals surface area contributed by atoms with Gasteiger partial charge in [0.25, 0.3) is 0 Å². The lowest BCUT2D eigenvalue weighted by Crippen LogP contribution is -2.01. The van der Waals surface area contributed by atoms with Crippen molar-refractivity contribution >= 4 is 16.6 Å². The van der Waals surface area contributed by atoms with Crippen LogP contribution >= 0.6 is 0 Å². The van der Waals surface area contributed by atoms with Crippen LogP contribution in [0.4, 0.5) is 5.69 Å². The molecule has 1 heterocycles. The molecule has 0 atom stereocenters. The molecular formula is C17H19N3. The average Bonchev–Trinajstić information content (AvgIpc) is 2.83. The van der Waals surface area contributed by atoms with Crippen LogP contribution in [-0.4, -0.2) is 9.78 Å². The van der Waals surface area contributed by atoms with Crippen molar-refractivity contribution in [3.8, 4) is 0 Å². The van der Waals surface area contributed by atoms with Crippen LogP contribution in [-0.2, 0) is 20.0 Å². The number of aryl methyl sites for hydroxylation is 2. The first-order valence-electron chi connectivity index (χ1n) is 7.01. The van der Waals surface area contributed by atoms with Gasteiger partial charge in [-0.25, -0.2) is 0 Å². The smallest absolute Gasteiger partial charge is 0.0894 e. The van der Waals surface area contributed by atoms with E-state index < -0.39 is 0 Å². The van der Waals surface area contributed by atoms with E-state index in [1.54, 1.807) is 0 Å². The Morgan fingerprint density at radius 1 is 1.05 bits per heavy atom. The van der Waals surface area contributed by atoms with Crippen LogP contribution in [0, 0.1) is 0 Å². The molecule has 1 aromatic heterocycles. The summed E-state index contributed by atoms with van der Waals surface area (Å²) in [5, 5.41) is 9.25. The Labute approximate surface area is 119 Å². The Morgan fingerprint density at radius 2 is 1.80 bits per heavy atom. The summed E-state index contributed by atoms with van der Waals surface area (Å²) in [4.78, 5) is 0. The highest BCUT2D eigenvalue weighted by Gasteiger charge is 2.07. The van der Waals surface area contributed by atoms with Gasteiger partial charge >= 0.3 is 0 Å². The van der Waals surface area contributed by atoms with Crippen LogP contribution in [0.2, 0.25) is 0 Å². The molecule has 3 aromatic rings. The van der Waals surface area contributed by atoms with Gasteiger partial charge in [-0.2, -0.15) is 5.10 Å². The maximum Gasteiger partial charge on any atom is 0.0894 e. The fourth-order valence-corrected chi connectivity index (χ4v) is 2.46. The van der Waals surface area contributed by atoms with Gasteiger partial charge in [0.05, 0.1) is 17.8 Å². The molecule has 0 fully saturated rings. The fraction of sp³-hybridized carbons (Fsp3) is 0.235. The van der Waals surface area contributed by atoms with Crippen molar-refractivity contribution in [3.05, 3.63) is 59.8 Å². The van der Waals surface area contributed by atoms with Crippen molar-refractivity contribution < 1.29 is 0 Å². The summed E-state index contributed by atoms with van der Waals surface area (Å²) in [6, 6.07) is 16.9. The quantitative estimate of drug-likeness (QED) is 0.778. The van der Waals surface area contributed by atoms with E-state index in [1.165, 1.54) is 16.5 Å². The lowest BCUT2D eigenvalue weighted by molar-refractivity contribution is 0.771. The molecule has 3 nitrogen and oxygen atoms in total. The SMILES string of the molecule is CCc1ccc(NCc2nn(C)c3ccccc23)cc1. The largest absolute Gasteiger partial charge is 0.379 e. The average molecular weight is 265 g/mol. The van der Waals surface area contributed by atoms with E-state index in [-0.39, 0.29) is 0 Å². The monoisotopic (exact) mass is 265 g/mol. The van der Waals surface area contributed by atoms with Crippen molar-refractivity contribution in [2.24, 2.45) is 7.05 Å². The second-order valence-corrected chi connectivity index (χ2v) is 4.99. The lowest BCUT2D eigenvalue weighted by Gasteiger charge is -2.05. The third-order valence-electron chi connectivity index (χ3n) is 3.66. The lowest BCUT2D eigenvalue weighted by atomic mass is 10.1. The van der Waals surface area contributed by atoms with Gasteiger partial charge in [0, 0.05) is 18.1 Å². The molecule has 0 unspecified atom stereocenters. The first-order chi connectivity index (χ1) is 9.78. The number of para-hydroxylation sites is 1. The molecule has 2 aromatic carbocycles. The molecule has 0 radical (unpaired) electrons. The van der Waals surface area contributed by atoms with Crippen LogP contribution in [0.3, 0.4) is 0 Å². The highest BCUT2D eigenvalue weighted by Crippen LogP contribution is 2.19. The second kappa shape index (κ2) is 5.37. The Bertz CT molecular complexity index is 711. The van der Waals surface area contributed by atoms with Crippen molar-refractivity contribution in [1.29, 1.82) is 0 Å². The predicted molar refractivity (Wildman–Crippen MR) is 83.9 cm³/mol. The number of nitrogens with zero attached hydrogens (tertiary/aromatic N) is 2. The molecule has 0 bridgehead atoms. The van der Waals surface area contributed by atoms with Gasteiger partial charge in [0.15, 0.2) is 0 Å². The number of nitrogens with one attached hydrogen (secondary N) is 1. The van der Waals surface area contributed by atoms with E-state index in [1.807, 2.05) is 17.8 Å². The third-order valence-corrected chi connectivity index (χ3v) is 3.66. The summed E-state index contributed by atoms with van der Waals surface area (Å²) in [7, 11) is 1.99. The Balaban J connectivity index is 1.79. The van der Waals surface area contributed by atoms with Crippen LogP contribution in [0.15, 0.2) is 48.5 Å². The topological polar surface area (TPSA) is 29.9 Å². The van der Waals surface area contributed by atoms with E-state index in [0.717, 1.165) is 24.3 Å². The Kier molecular flexibility index (Phi) is 3.42. The minimum atomic E-state index is 0.743. The zero-order chi connectivity index (χ0) is 13.9. The molecule has 0 aliphatic carbocycles. The van der Waals surface area contributed by atoms with Gasteiger partial charge in [-0.15, -0.1) is 0 Å². The van der Waals surface area contributed by atoms with Gasteiger partial charge in [0.2, 0.25) is 0 Å². The standard InChI is InChI=1S/C17H19N3/c1-3-13-8-10-14(11-9-13)18-12-16-15-6-4-5-7-17(15)20(2)19-16/h4-11,18H,3,12H2,1-2H3. The van der Waals surface area contributed by atoms with Crippen LogP contribution in [0.25, 0.3) is 10.9 Å². The second-order valence-electron chi connectivity index (χ2n) is 4.99. The summed E-state index contributed by atoms with van der Waals surface area (Å²) in [5.41, 5.74) is 4.75. The van der Waals surface area contributed by atoms with Gasteiger partial charge in [-0.05, 0) is 30.2 Å². The predicted octanol–water partition coefficient (Wildman–Crippen LogP) is 3.75. The molecule has 0 saturated heterocycles. The van der Waals surface area contributed by atoms with E-state index in [9.17, 15) is 0 Å². The van der Waals surface area contributed by atoms with E-state index in [2.05, 4.69) is 59.8 Å². The number of aromatic nitrogens is 2. The van der Waals surface area contributed by atoms with Gasteiger partial charge < -0.3 is 5.32 Å². The Morgan fingerprint density at radius 3 is 2.55 bits per heavy atom. The van der Waals surface area contributed by atoms with Crippen molar-refractivity contribution in [2.75, 3.05) is 5.32 Å². The fourth-order valence-electron chi connectivity index (χ4n) is 2.46. The summed E-state index contributed by atoms with van der Waals surface area (Å²) in [6.45, 7) is 2.91. The maximum absolute atomic E-state index is 4.59. The van der Waals surface area contributed by atoms with Crippen molar-refractivity contribution in [3.63, 3.8) is 0 Å². The molecule has 3 heteroatoms. The number of hydrogen-bond donors (Lipinski definition) is 1. The van der Waals surface area contributed by atoms with Crippen LogP contribution in [0.1, 0.15) is 18.2 Å². The van der Waals surface area contributed by atoms with Gasteiger partial charge in [0.1, 0.15) is 0 Å². The molecule has 20 heavy (non-hydrogen) atoms. The first kappa shape index (κ1) is 12.7. The molecule has 0 saturated carbocycles. The molecule has 0 amide bonds. The molecule has 102 valence electrons. The number of benzene rings is 2. The molecule has 0 spiro atoms. The molecule has 0 aliphatic heterocycles. The zero-order valence-corrected chi connectivity index (χ0v) is 11.9. The summed E-state index contributed by atoms with van der Waals surface area (Å²) in [6.07, 6.45) is 1.07. The highest BCUT2D eigenvalue weighted by atomic mass is 15.3. The maximum atomic E-state index is 4.59. The van der Waals surface area contributed by atoms with E-state index in [0.29, 0.717) is 0 Å². The summed E-state index contributed by atoms with van der Waals surface area (Å²) in [5.74, 6) is 0. The summed E-state index contributed by atoms with van der Waals surface area (Å²) < 4.78 is 1.94. The highest BCUT2D eigenvalue weighted by molar-refractivity contribution is 5.82. The summed E-state index contributed by atoms with van der Waals surface area (Å²) >= 11 is 0. The van der Waals surface area contributed by atoms with Crippen molar-refractivity contribution in [1.82, 2.24) is 9.78 Å². The van der Waals surface area contributed by atoms with Crippen LogP contribution in [0.5, 0.6) is 0 Å². The molecule has 1 N–H and O–H groups in total. The first-order valence-corrected chi connectivity index (χ1v) is 7.01. The van der Waals surface area contributed by atoms with E-state index in [4.69, 9.17) is 0 Å². The number of fused-ring (bicyclic) bond motifs is 1. The zero-order valence-electron chi connectivity index (χ0n) is 11.9. The normalized spacial score (nSPS) is 10.9. The van der Waals surface area contributed by atoms with Gasteiger partial charge in [-0.1, -0.05) is 37.3 Å². The van der Waals surface area contributed by atoms with E-state index >= 15 is 0 Å². The minimum absolute atomic E-state index is 0.743. The minimum Gasteiger partial charge on any atom is -0.379 e. The number of anilines is 1. The molecule has 3 rings (SSSR count).